The number of benzene rings is 1. The first-order valence-corrected chi connectivity index (χ1v) is 8.25. The van der Waals surface area contributed by atoms with Crippen molar-refractivity contribution in [2.45, 2.75) is 64.7 Å². The molecule has 1 aromatic carbocycles. The summed E-state index contributed by atoms with van der Waals surface area (Å²) in [5.74, 6) is 0. The first-order chi connectivity index (χ1) is 10.2. The number of hydrogen-bond acceptors (Lipinski definition) is 3. The molecule has 0 fully saturated rings. The summed E-state index contributed by atoms with van der Waals surface area (Å²) in [4.78, 5) is 0. The van der Waals surface area contributed by atoms with Gasteiger partial charge in [-0.1, -0.05) is 62.9 Å². The Morgan fingerprint density at radius 2 is 1.90 bits per heavy atom. The summed E-state index contributed by atoms with van der Waals surface area (Å²) in [5.41, 5.74) is 1.14. The van der Waals surface area contributed by atoms with Gasteiger partial charge in [-0.2, -0.15) is 0 Å². The fourth-order valence-corrected chi connectivity index (χ4v) is 2.26. The number of rotatable bonds is 12. The standard InChI is InChI=1S/C18H31NO2/c1-3-4-5-7-10-16(2)19-13-18(20)15-21-14-17-11-8-6-9-12-17/h6,8-9,11-12,16,18-20H,3-5,7,10,13-15H2,1-2H3. The van der Waals surface area contributed by atoms with Crippen molar-refractivity contribution in [3.05, 3.63) is 35.9 Å². The second-order valence-corrected chi connectivity index (χ2v) is 5.81. The number of aliphatic hydroxyl groups excluding tert-OH is 1. The van der Waals surface area contributed by atoms with Crippen LogP contribution in [0.2, 0.25) is 0 Å². The second kappa shape index (κ2) is 11.7. The molecule has 0 heterocycles. The summed E-state index contributed by atoms with van der Waals surface area (Å²) in [6.45, 7) is 5.95. The molecule has 0 aliphatic rings. The molecule has 21 heavy (non-hydrogen) atoms. The molecular formula is C18H31NO2. The van der Waals surface area contributed by atoms with Crippen LogP contribution in [-0.4, -0.2) is 30.4 Å². The van der Waals surface area contributed by atoms with Crippen molar-refractivity contribution >= 4 is 0 Å². The maximum Gasteiger partial charge on any atom is 0.0897 e. The lowest BCUT2D eigenvalue weighted by Gasteiger charge is -2.17. The Morgan fingerprint density at radius 1 is 1.14 bits per heavy atom. The molecule has 120 valence electrons. The van der Waals surface area contributed by atoms with Crippen LogP contribution in [0.5, 0.6) is 0 Å². The lowest BCUT2D eigenvalue weighted by Crippen LogP contribution is -2.35. The van der Waals surface area contributed by atoms with Crippen LogP contribution in [0.25, 0.3) is 0 Å². The lowest BCUT2D eigenvalue weighted by atomic mass is 10.1. The van der Waals surface area contributed by atoms with Crippen molar-refractivity contribution in [1.82, 2.24) is 5.32 Å². The van der Waals surface area contributed by atoms with Crippen LogP contribution >= 0.6 is 0 Å². The first-order valence-electron chi connectivity index (χ1n) is 8.25. The zero-order chi connectivity index (χ0) is 15.3. The number of hydrogen-bond donors (Lipinski definition) is 2. The maximum atomic E-state index is 9.90. The van der Waals surface area contributed by atoms with E-state index in [1.54, 1.807) is 0 Å². The van der Waals surface area contributed by atoms with Crippen LogP contribution in [0.15, 0.2) is 30.3 Å². The Labute approximate surface area is 129 Å². The van der Waals surface area contributed by atoms with Crippen LogP contribution in [0.3, 0.4) is 0 Å². The fourth-order valence-electron chi connectivity index (χ4n) is 2.26. The van der Waals surface area contributed by atoms with Gasteiger partial charge in [-0.25, -0.2) is 0 Å². The van der Waals surface area contributed by atoms with Gasteiger partial charge in [0.05, 0.1) is 19.3 Å². The fraction of sp³-hybridized carbons (Fsp3) is 0.667. The van der Waals surface area contributed by atoms with E-state index in [1.165, 1.54) is 32.1 Å². The molecule has 2 atom stereocenters. The summed E-state index contributed by atoms with van der Waals surface area (Å²) in [7, 11) is 0. The number of nitrogens with one attached hydrogen (secondary N) is 1. The zero-order valence-corrected chi connectivity index (χ0v) is 13.6. The molecule has 3 heteroatoms. The van der Waals surface area contributed by atoms with Gasteiger partial charge in [0.15, 0.2) is 0 Å². The van der Waals surface area contributed by atoms with Crippen molar-refractivity contribution in [2.75, 3.05) is 13.2 Å². The van der Waals surface area contributed by atoms with E-state index in [4.69, 9.17) is 4.74 Å². The van der Waals surface area contributed by atoms with E-state index in [9.17, 15) is 5.11 Å². The maximum absolute atomic E-state index is 9.90. The van der Waals surface area contributed by atoms with Gasteiger partial charge in [0.2, 0.25) is 0 Å². The summed E-state index contributed by atoms with van der Waals surface area (Å²) < 4.78 is 5.54. The second-order valence-electron chi connectivity index (χ2n) is 5.81. The molecule has 1 rings (SSSR count). The first kappa shape index (κ1) is 18.1. The molecular weight excluding hydrogens is 262 g/mol. The van der Waals surface area contributed by atoms with Crippen LogP contribution < -0.4 is 5.32 Å². The van der Waals surface area contributed by atoms with Gasteiger partial charge < -0.3 is 15.2 Å². The molecule has 2 N–H and O–H groups in total. The third-order valence-electron chi connectivity index (χ3n) is 3.61. The molecule has 0 amide bonds. The van der Waals surface area contributed by atoms with Crippen molar-refractivity contribution in [2.24, 2.45) is 0 Å². The highest BCUT2D eigenvalue weighted by atomic mass is 16.5. The predicted octanol–water partition coefficient (Wildman–Crippen LogP) is 3.51. The van der Waals surface area contributed by atoms with Crippen molar-refractivity contribution < 1.29 is 9.84 Å². The van der Waals surface area contributed by atoms with E-state index in [-0.39, 0.29) is 0 Å². The van der Waals surface area contributed by atoms with E-state index in [1.807, 2.05) is 30.3 Å². The Morgan fingerprint density at radius 3 is 2.62 bits per heavy atom. The molecule has 1 aromatic rings. The van der Waals surface area contributed by atoms with Gasteiger partial charge in [-0.05, 0) is 18.9 Å². The average molecular weight is 293 g/mol. The van der Waals surface area contributed by atoms with Gasteiger partial charge in [0, 0.05) is 12.6 Å². The van der Waals surface area contributed by atoms with Gasteiger partial charge in [-0.15, -0.1) is 0 Å². The highest BCUT2D eigenvalue weighted by Crippen LogP contribution is 2.05. The number of aliphatic hydroxyl groups is 1. The monoisotopic (exact) mass is 293 g/mol. The van der Waals surface area contributed by atoms with E-state index in [0.717, 1.165) is 5.56 Å². The quantitative estimate of drug-likeness (QED) is 0.579. The average Bonchev–Trinajstić information content (AvgIpc) is 2.50. The topological polar surface area (TPSA) is 41.5 Å². The molecule has 0 saturated carbocycles. The van der Waals surface area contributed by atoms with Gasteiger partial charge in [0.1, 0.15) is 0 Å². The Balaban J connectivity index is 2.01. The smallest absolute Gasteiger partial charge is 0.0897 e. The van der Waals surface area contributed by atoms with Gasteiger partial charge >= 0.3 is 0 Å². The SMILES string of the molecule is CCCCCCC(C)NCC(O)COCc1ccccc1. The van der Waals surface area contributed by atoms with E-state index >= 15 is 0 Å². The molecule has 0 spiro atoms. The largest absolute Gasteiger partial charge is 0.389 e. The van der Waals surface area contributed by atoms with Gasteiger partial charge in [0.25, 0.3) is 0 Å². The molecule has 0 bridgehead atoms. The van der Waals surface area contributed by atoms with Gasteiger partial charge in [-0.3, -0.25) is 0 Å². The Hall–Kier alpha value is -0.900. The van der Waals surface area contributed by atoms with Crippen LogP contribution in [0.1, 0.15) is 51.5 Å². The van der Waals surface area contributed by atoms with Crippen LogP contribution in [-0.2, 0) is 11.3 Å². The van der Waals surface area contributed by atoms with Crippen molar-refractivity contribution in [1.29, 1.82) is 0 Å². The lowest BCUT2D eigenvalue weighted by molar-refractivity contribution is 0.0277. The van der Waals surface area contributed by atoms with Crippen LogP contribution in [0.4, 0.5) is 0 Å². The summed E-state index contributed by atoms with van der Waals surface area (Å²) in [6, 6.07) is 10.5. The third-order valence-corrected chi connectivity index (χ3v) is 3.61. The molecule has 0 radical (unpaired) electrons. The highest BCUT2D eigenvalue weighted by Gasteiger charge is 2.07. The van der Waals surface area contributed by atoms with E-state index in [0.29, 0.717) is 25.8 Å². The molecule has 0 aromatic heterocycles. The summed E-state index contributed by atoms with van der Waals surface area (Å²) >= 11 is 0. The summed E-state index contributed by atoms with van der Waals surface area (Å²) in [5, 5.41) is 13.3. The van der Waals surface area contributed by atoms with Crippen molar-refractivity contribution in [3.63, 3.8) is 0 Å². The molecule has 3 nitrogen and oxygen atoms in total. The summed E-state index contributed by atoms with van der Waals surface area (Å²) in [6.07, 6.45) is 5.92. The number of unbranched alkanes of at least 4 members (excludes halogenated alkanes) is 3. The highest BCUT2D eigenvalue weighted by molar-refractivity contribution is 5.13. The number of ether oxygens (including phenoxy) is 1. The van der Waals surface area contributed by atoms with Crippen LogP contribution in [0, 0.1) is 0 Å². The minimum atomic E-state index is -0.438. The Bertz CT molecular complexity index is 342. The Kier molecular flexibility index (Phi) is 10.1. The van der Waals surface area contributed by atoms with Crippen molar-refractivity contribution in [3.8, 4) is 0 Å². The zero-order valence-electron chi connectivity index (χ0n) is 13.6. The minimum absolute atomic E-state index is 0.379. The minimum Gasteiger partial charge on any atom is -0.389 e. The molecule has 0 saturated heterocycles. The molecule has 0 aliphatic carbocycles. The third kappa shape index (κ3) is 9.62. The molecule has 0 aliphatic heterocycles. The van der Waals surface area contributed by atoms with E-state index < -0.39 is 6.10 Å². The predicted molar refractivity (Wildman–Crippen MR) is 88.3 cm³/mol. The molecule has 2 unspecified atom stereocenters. The van der Waals surface area contributed by atoms with E-state index in [2.05, 4.69) is 19.2 Å². The normalized spacial score (nSPS) is 14.0.